The van der Waals surface area contributed by atoms with Crippen LogP contribution in [0.2, 0.25) is 0 Å². The van der Waals surface area contributed by atoms with Crippen LogP contribution in [0.15, 0.2) is 73.1 Å². The Bertz CT molecular complexity index is 977. The van der Waals surface area contributed by atoms with Gasteiger partial charge < -0.3 is 14.6 Å². The molecule has 0 radical (unpaired) electrons. The number of carbonyl (C=O) groups excluding carboxylic acids is 3. The van der Waals surface area contributed by atoms with E-state index in [0.717, 1.165) is 5.69 Å². The van der Waals surface area contributed by atoms with Gasteiger partial charge in [-0.3, -0.25) is 9.59 Å². The van der Waals surface area contributed by atoms with Crippen LogP contribution in [-0.2, 0) is 9.53 Å². The summed E-state index contributed by atoms with van der Waals surface area (Å²) >= 11 is 0. The lowest BCUT2D eigenvalue weighted by Crippen LogP contribution is -2.21. The van der Waals surface area contributed by atoms with Gasteiger partial charge in [-0.05, 0) is 49.4 Å². The van der Waals surface area contributed by atoms with Crippen molar-refractivity contribution in [3.8, 4) is 5.69 Å². The van der Waals surface area contributed by atoms with Crippen molar-refractivity contribution < 1.29 is 19.1 Å². The Balaban J connectivity index is 1.59. The molecule has 136 valence electrons. The predicted octanol–water partition coefficient (Wildman–Crippen LogP) is 3.48. The van der Waals surface area contributed by atoms with Crippen molar-refractivity contribution in [2.75, 3.05) is 11.9 Å². The predicted molar refractivity (Wildman–Crippen MR) is 101 cm³/mol. The van der Waals surface area contributed by atoms with Crippen LogP contribution < -0.4 is 5.32 Å². The summed E-state index contributed by atoms with van der Waals surface area (Å²) in [6, 6.07) is 17.3. The maximum Gasteiger partial charge on any atom is 0.338 e. The molecule has 3 aromatic rings. The first-order valence-electron chi connectivity index (χ1n) is 8.34. The minimum atomic E-state index is -0.586. The minimum absolute atomic E-state index is 0.0971. The molecule has 27 heavy (non-hydrogen) atoms. The zero-order valence-corrected chi connectivity index (χ0v) is 14.7. The summed E-state index contributed by atoms with van der Waals surface area (Å²) in [7, 11) is 0. The van der Waals surface area contributed by atoms with Gasteiger partial charge in [-0.2, -0.15) is 0 Å². The number of ketones is 1. The van der Waals surface area contributed by atoms with E-state index in [2.05, 4.69) is 5.32 Å². The maximum atomic E-state index is 12.2. The number of esters is 1. The van der Waals surface area contributed by atoms with Crippen LogP contribution in [0.1, 0.15) is 27.6 Å². The first kappa shape index (κ1) is 18.1. The summed E-state index contributed by atoms with van der Waals surface area (Å²) in [5, 5.41) is 2.61. The normalized spacial score (nSPS) is 10.3. The van der Waals surface area contributed by atoms with E-state index in [9.17, 15) is 14.4 Å². The van der Waals surface area contributed by atoms with Gasteiger partial charge in [-0.15, -0.1) is 0 Å². The Hall–Kier alpha value is -3.67. The molecule has 2 aromatic carbocycles. The number of nitrogens with one attached hydrogen (secondary N) is 1. The standard InChI is InChI=1S/C21H18N2O4/c1-15(24)16-6-4-8-18(12-16)22-20(25)14-27-21(26)17-7-5-9-19(13-17)23-10-2-3-11-23/h2-13H,14H2,1H3,(H,22,25). The van der Waals surface area contributed by atoms with Crippen molar-refractivity contribution in [3.05, 3.63) is 84.2 Å². The first-order chi connectivity index (χ1) is 13.0. The monoisotopic (exact) mass is 362 g/mol. The highest BCUT2D eigenvalue weighted by molar-refractivity contribution is 5.98. The molecule has 0 saturated carbocycles. The quantitative estimate of drug-likeness (QED) is 0.538. The molecule has 1 N–H and O–H groups in total. The number of anilines is 1. The number of carbonyl (C=O) groups is 3. The van der Waals surface area contributed by atoms with E-state index in [4.69, 9.17) is 4.74 Å². The van der Waals surface area contributed by atoms with Crippen LogP contribution in [0.5, 0.6) is 0 Å². The van der Waals surface area contributed by atoms with E-state index in [1.54, 1.807) is 42.5 Å². The zero-order valence-electron chi connectivity index (χ0n) is 14.7. The Morgan fingerprint density at radius 2 is 1.63 bits per heavy atom. The Morgan fingerprint density at radius 1 is 0.926 bits per heavy atom. The second-order valence-corrected chi connectivity index (χ2v) is 5.90. The molecule has 6 nitrogen and oxygen atoms in total. The third kappa shape index (κ3) is 4.70. The molecular formula is C21H18N2O4. The molecule has 0 bridgehead atoms. The van der Waals surface area contributed by atoms with Gasteiger partial charge in [0.2, 0.25) is 0 Å². The van der Waals surface area contributed by atoms with E-state index in [1.807, 2.05) is 35.2 Å². The maximum absolute atomic E-state index is 12.2. The average Bonchev–Trinajstić information content (AvgIpc) is 3.21. The highest BCUT2D eigenvalue weighted by atomic mass is 16.5. The highest BCUT2D eigenvalue weighted by Gasteiger charge is 2.12. The van der Waals surface area contributed by atoms with Crippen LogP contribution in [0.3, 0.4) is 0 Å². The van der Waals surface area contributed by atoms with Gasteiger partial charge >= 0.3 is 5.97 Å². The molecule has 1 heterocycles. The lowest BCUT2D eigenvalue weighted by molar-refractivity contribution is -0.119. The molecule has 0 aliphatic rings. The number of benzene rings is 2. The molecule has 1 aromatic heterocycles. The van der Waals surface area contributed by atoms with Crippen molar-refractivity contribution in [3.63, 3.8) is 0 Å². The van der Waals surface area contributed by atoms with E-state index in [1.165, 1.54) is 6.92 Å². The van der Waals surface area contributed by atoms with Gasteiger partial charge in [-0.1, -0.05) is 18.2 Å². The zero-order chi connectivity index (χ0) is 19.2. The Kier molecular flexibility index (Phi) is 5.47. The third-order valence-electron chi connectivity index (χ3n) is 3.87. The number of aromatic nitrogens is 1. The Labute approximate surface area is 156 Å². The molecule has 0 spiro atoms. The second kappa shape index (κ2) is 8.14. The topological polar surface area (TPSA) is 77.4 Å². The molecule has 1 amide bonds. The third-order valence-corrected chi connectivity index (χ3v) is 3.87. The van der Waals surface area contributed by atoms with E-state index in [-0.39, 0.29) is 5.78 Å². The minimum Gasteiger partial charge on any atom is -0.452 e. The fourth-order valence-corrected chi connectivity index (χ4v) is 2.53. The van der Waals surface area contributed by atoms with Gasteiger partial charge in [0.05, 0.1) is 5.56 Å². The average molecular weight is 362 g/mol. The van der Waals surface area contributed by atoms with Gasteiger partial charge in [0.15, 0.2) is 12.4 Å². The van der Waals surface area contributed by atoms with Gasteiger partial charge in [0, 0.05) is 29.3 Å². The van der Waals surface area contributed by atoms with Gasteiger partial charge in [0.25, 0.3) is 5.91 Å². The highest BCUT2D eigenvalue weighted by Crippen LogP contribution is 2.13. The number of rotatable bonds is 6. The molecule has 0 aliphatic heterocycles. The SMILES string of the molecule is CC(=O)c1cccc(NC(=O)COC(=O)c2cccc(-n3cccc3)c2)c1. The van der Waals surface area contributed by atoms with Crippen molar-refractivity contribution in [2.45, 2.75) is 6.92 Å². The Morgan fingerprint density at radius 3 is 2.37 bits per heavy atom. The summed E-state index contributed by atoms with van der Waals surface area (Å²) in [5.41, 5.74) is 2.14. The van der Waals surface area contributed by atoms with Crippen molar-refractivity contribution in [2.24, 2.45) is 0 Å². The summed E-state index contributed by atoms with van der Waals surface area (Å²) in [6.45, 7) is 1.03. The molecule has 0 saturated heterocycles. The van der Waals surface area contributed by atoms with E-state index >= 15 is 0 Å². The summed E-state index contributed by atoms with van der Waals surface area (Å²) in [4.78, 5) is 35.6. The van der Waals surface area contributed by atoms with Crippen LogP contribution in [0.25, 0.3) is 5.69 Å². The molecule has 0 unspecified atom stereocenters. The van der Waals surface area contributed by atoms with Crippen LogP contribution in [0, 0.1) is 0 Å². The molecule has 3 rings (SSSR count). The van der Waals surface area contributed by atoms with Crippen LogP contribution in [-0.4, -0.2) is 28.8 Å². The van der Waals surface area contributed by atoms with Crippen LogP contribution >= 0.6 is 0 Å². The lowest BCUT2D eigenvalue weighted by atomic mass is 10.1. The van der Waals surface area contributed by atoms with Crippen molar-refractivity contribution in [1.29, 1.82) is 0 Å². The number of amides is 1. The molecule has 6 heteroatoms. The van der Waals surface area contributed by atoms with E-state index < -0.39 is 18.5 Å². The molecule has 0 fully saturated rings. The fraction of sp³-hybridized carbons (Fsp3) is 0.0952. The smallest absolute Gasteiger partial charge is 0.338 e. The molecular weight excluding hydrogens is 344 g/mol. The van der Waals surface area contributed by atoms with Crippen molar-refractivity contribution >= 4 is 23.3 Å². The summed E-state index contributed by atoms with van der Waals surface area (Å²) in [6.07, 6.45) is 3.74. The van der Waals surface area contributed by atoms with Crippen molar-refractivity contribution in [1.82, 2.24) is 4.57 Å². The number of hydrogen-bond donors (Lipinski definition) is 1. The lowest BCUT2D eigenvalue weighted by Gasteiger charge is -2.09. The number of hydrogen-bond acceptors (Lipinski definition) is 4. The molecule has 0 aliphatic carbocycles. The number of Topliss-reactive ketones (excluding diaryl/α,β-unsaturated/α-hetero) is 1. The second-order valence-electron chi connectivity index (χ2n) is 5.90. The summed E-state index contributed by atoms with van der Waals surface area (Å²) < 4.78 is 6.95. The number of nitrogens with zero attached hydrogens (tertiary/aromatic N) is 1. The van der Waals surface area contributed by atoms with Gasteiger partial charge in [-0.25, -0.2) is 4.79 Å². The first-order valence-corrected chi connectivity index (χ1v) is 8.34. The number of ether oxygens (including phenoxy) is 1. The van der Waals surface area contributed by atoms with Gasteiger partial charge in [0.1, 0.15) is 0 Å². The largest absolute Gasteiger partial charge is 0.452 e. The summed E-state index contributed by atoms with van der Waals surface area (Å²) in [5.74, 6) is -1.16. The van der Waals surface area contributed by atoms with Crippen LogP contribution in [0.4, 0.5) is 5.69 Å². The fourth-order valence-electron chi connectivity index (χ4n) is 2.53. The van der Waals surface area contributed by atoms with E-state index in [0.29, 0.717) is 16.8 Å². The molecule has 0 atom stereocenters.